The second-order valence-electron chi connectivity index (χ2n) is 6.06. The molecule has 0 atom stereocenters. The highest BCUT2D eigenvalue weighted by Gasteiger charge is 2.14. The third kappa shape index (κ3) is 2.86. The third-order valence-corrected chi connectivity index (χ3v) is 3.84. The molecule has 3 aromatic rings. The molecular weight excluding hydrogens is 280 g/mol. The minimum absolute atomic E-state index is 0. The fourth-order valence-electron chi connectivity index (χ4n) is 2.51. The van der Waals surface area contributed by atoms with Crippen LogP contribution in [-0.2, 0) is 0 Å². The summed E-state index contributed by atoms with van der Waals surface area (Å²) in [5.41, 5.74) is 4.63. The maximum absolute atomic E-state index is 4.87. The zero-order chi connectivity index (χ0) is 14.3. The highest BCUT2D eigenvalue weighted by molar-refractivity contribution is 6.00. The van der Waals surface area contributed by atoms with Crippen molar-refractivity contribution in [2.75, 3.05) is 0 Å². The number of pyridine rings is 2. The molecule has 0 fully saturated rings. The maximum Gasteiger partial charge on any atom is 0.237 e. The zero-order valence-corrected chi connectivity index (χ0v) is 13.7. The lowest BCUT2D eigenvalue weighted by atomic mass is 10.0. The zero-order valence-electron chi connectivity index (χ0n) is 12.9. The van der Waals surface area contributed by atoms with Gasteiger partial charge in [0.25, 0.3) is 0 Å². The smallest absolute Gasteiger partial charge is 0.237 e. The number of aromatic amines is 1. The monoisotopic (exact) mass is 300 g/mol. The summed E-state index contributed by atoms with van der Waals surface area (Å²) in [5.74, 6) is 0.936. The molecule has 1 N–H and O–H groups in total. The first-order valence-electron chi connectivity index (χ1n) is 7.32. The molecule has 0 saturated heterocycles. The molecule has 2 aromatic heterocycles. The van der Waals surface area contributed by atoms with E-state index in [9.17, 15) is 0 Å². The summed E-state index contributed by atoms with van der Waals surface area (Å²) in [6.45, 7) is 8.77. The van der Waals surface area contributed by atoms with Crippen molar-refractivity contribution >= 4 is 21.8 Å². The van der Waals surface area contributed by atoms with Crippen molar-refractivity contribution in [3.05, 3.63) is 47.8 Å². The minimum Gasteiger partial charge on any atom is -1.00 e. The average Bonchev–Trinajstić information content (AvgIpc) is 2.45. The Kier molecular flexibility index (Phi) is 4.48. The molecule has 2 nitrogen and oxygen atoms in total. The Labute approximate surface area is 132 Å². The summed E-state index contributed by atoms with van der Waals surface area (Å²) in [5, 5.41) is 2.41. The average molecular weight is 301 g/mol. The van der Waals surface area contributed by atoms with E-state index in [0.29, 0.717) is 11.8 Å². The molecule has 0 radical (unpaired) electrons. The fraction of sp³-hybridized carbons (Fsp3) is 0.333. The van der Waals surface area contributed by atoms with Gasteiger partial charge in [0.1, 0.15) is 5.52 Å². The first kappa shape index (κ1) is 15.7. The maximum atomic E-state index is 4.87. The van der Waals surface area contributed by atoms with Gasteiger partial charge in [-0.25, -0.2) is 9.97 Å². The molecule has 0 amide bonds. The number of aromatic nitrogens is 2. The Bertz CT molecular complexity index is 712. The third-order valence-electron chi connectivity index (χ3n) is 3.84. The van der Waals surface area contributed by atoms with Crippen LogP contribution in [0, 0.1) is 0 Å². The van der Waals surface area contributed by atoms with Crippen LogP contribution >= 0.6 is 0 Å². The van der Waals surface area contributed by atoms with Crippen molar-refractivity contribution in [3.63, 3.8) is 0 Å². The molecule has 0 aliphatic carbocycles. The minimum atomic E-state index is 0. The van der Waals surface area contributed by atoms with Crippen LogP contribution in [0.4, 0.5) is 0 Å². The van der Waals surface area contributed by atoms with Gasteiger partial charge >= 0.3 is 0 Å². The highest BCUT2D eigenvalue weighted by atomic mass is 35.5. The number of H-pyrrole nitrogens is 1. The van der Waals surface area contributed by atoms with Gasteiger partial charge in [-0.15, -0.1) is 0 Å². The standard InChI is InChI=1S/C18H20N2.ClH/c1-11(2)15-9-7-13-5-6-14-8-10-16(12(3)4)20-18(14)17(13)19-15;/h5-12H,1-4H3;1H. The van der Waals surface area contributed by atoms with Gasteiger partial charge in [-0.2, -0.15) is 0 Å². The van der Waals surface area contributed by atoms with Crippen LogP contribution in [0.2, 0.25) is 0 Å². The number of nitrogens with zero attached hydrogens (tertiary/aromatic N) is 1. The second-order valence-corrected chi connectivity index (χ2v) is 6.06. The van der Waals surface area contributed by atoms with Crippen LogP contribution in [-0.4, -0.2) is 4.98 Å². The van der Waals surface area contributed by atoms with E-state index < -0.39 is 0 Å². The van der Waals surface area contributed by atoms with E-state index in [4.69, 9.17) is 4.98 Å². The summed E-state index contributed by atoms with van der Waals surface area (Å²) >= 11 is 0. The number of hydrogen-bond acceptors (Lipinski definition) is 1. The summed E-state index contributed by atoms with van der Waals surface area (Å²) in [7, 11) is 0. The molecule has 0 aliphatic rings. The molecule has 21 heavy (non-hydrogen) atoms. The molecule has 0 unspecified atom stereocenters. The quantitative estimate of drug-likeness (QED) is 0.658. The van der Waals surface area contributed by atoms with Crippen LogP contribution < -0.4 is 17.4 Å². The summed E-state index contributed by atoms with van der Waals surface area (Å²) < 4.78 is 0. The number of hydrogen-bond donors (Lipinski definition) is 0. The fourth-order valence-corrected chi connectivity index (χ4v) is 2.51. The predicted molar refractivity (Wildman–Crippen MR) is 84.0 cm³/mol. The Morgan fingerprint density at radius 1 is 0.810 bits per heavy atom. The van der Waals surface area contributed by atoms with Crippen molar-refractivity contribution in [1.29, 1.82) is 0 Å². The molecule has 0 bridgehead atoms. The molecule has 2 heterocycles. The van der Waals surface area contributed by atoms with Crippen molar-refractivity contribution in [1.82, 2.24) is 4.98 Å². The Balaban J connectivity index is 0.00000161. The van der Waals surface area contributed by atoms with Crippen LogP contribution in [0.25, 0.3) is 21.8 Å². The molecular formula is C18H21ClN2. The van der Waals surface area contributed by atoms with E-state index in [1.54, 1.807) is 0 Å². The molecule has 3 heteroatoms. The number of benzene rings is 1. The molecule has 0 spiro atoms. The largest absolute Gasteiger partial charge is 1.00 e. The van der Waals surface area contributed by atoms with E-state index in [2.05, 4.69) is 69.1 Å². The van der Waals surface area contributed by atoms with Gasteiger partial charge in [-0.05, 0) is 24.1 Å². The normalized spacial score (nSPS) is 11.3. The van der Waals surface area contributed by atoms with E-state index in [1.807, 2.05) is 0 Å². The Morgan fingerprint density at radius 3 is 2.10 bits per heavy atom. The van der Waals surface area contributed by atoms with E-state index in [1.165, 1.54) is 16.5 Å². The lowest BCUT2D eigenvalue weighted by Gasteiger charge is -2.07. The van der Waals surface area contributed by atoms with Gasteiger partial charge in [-0.3, -0.25) is 0 Å². The molecule has 3 rings (SSSR count). The number of rotatable bonds is 2. The molecule has 0 aliphatic heterocycles. The molecule has 1 aromatic carbocycles. The highest BCUT2D eigenvalue weighted by Crippen LogP contribution is 2.24. The van der Waals surface area contributed by atoms with Crippen molar-refractivity contribution in [2.45, 2.75) is 39.5 Å². The van der Waals surface area contributed by atoms with Gasteiger partial charge < -0.3 is 12.4 Å². The van der Waals surface area contributed by atoms with Crippen LogP contribution in [0.3, 0.4) is 0 Å². The van der Waals surface area contributed by atoms with E-state index in [0.717, 1.165) is 16.7 Å². The van der Waals surface area contributed by atoms with E-state index >= 15 is 0 Å². The van der Waals surface area contributed by atoms with Gasteiger partial charge in [-0.1, -0.05) is 39.8 Å². The lowest BCUT2D eigenvalue weighted by Crippen LogP contribution is -3.00. The summed E-state index contributed by atoms with van der Waals surface area (Å²) in [6, 6.07) is 13.0. The molecule has 110 valence electrons. The van der Waals surface area contributed by atoms with Gasteiger partial charge in [0, 0.05) is 28.5 Å². The van der Waals surface area contributed by atoms with Gasteiger partial charge in [0.05, 0.1) is 0 Å². The van der Waals surface area contributed by atoms with Crippen molar-refractivity contribution in [3.8, 4) is 0 Å². The number of halogens is 1. The Morgan fingerprint density at radius 2 is 1.43 bits per heavy atom. The van der Waals surface area contributed by atoms with Crippen LogP contribution in [0.1, 0.15) is 50.9 Å². The lowest BCUT2D eigenvalue weighted by molar-refractivity contribution is -0.358. The van der Waals surface area contributed by atoms with Crippen LogP contribution in [0.5, 0.6) is 0 Å². The number of nitrogens with one attached hydrogen (secondary N) is 1. The Hall–Kier alpha value is -1.67. The predicted octanol–water partition coefficient (Wildman–Crippen LogP) is 1.45. The first-order valence-corrected chi connectivity index (χ1v) is 7.32. The number of fused-ring (bicyclic) bond motifs is 3. The SMILES string of the molecule is CC(C)c1ccc2ccc3ccc(C(C)C)[nH+]c3c2n1.[Cl-]. The van der Waals surface area contributed by atoms with Crippen molar-refractivity contribution < 1.29 is 17.4 Å². The summed E-state index contributed by atoms with van der Waals surface area (Å²) in [4.78, 5) is 8.44. The topological polar surface area (TPSA) is 27.0 Å². The molecule has 0 saturated carbocycles. The summed E-state index contributed by atoms with van der Waals surface area (Å²) in [6.07, 6.45) is 0. The first-order chi connectivity index (χ1) is 9.56. The van der Waals surface area contributed by atoms with E-state index in [-0.39, 0.29) is 12.4 Å². The van der Waals surface area contributed by atoms with Gasteiger partial charge in [0.15, 0.2) is 5.69 Å². The van der Waals surface area contributed by atoms with Gasteiger partial charge in [0.2, 0.25) is 5.52 Å². The van der Waals surface area contributed by atoms with Crippen molar-refractivity contribution in [2.24, 2.45) is 0 Å². The second kappa shape index (κ2) is 5.98. The van der Waals surface area contributed by atoms with Crippen LogP contribution in [0.15, 0.2) is 36.4 Å².